The smallest absolute Gasteiger partial charge is 0.211 e. The Kier molecular flexibility index (Phi) is 3.10. The molecule has 1 aromatic carbocycles. The van der Waals surface area contributed by atoms with Crippen LogP contribution in [0.1, 0.15) is 23.4 Å². The largest absolute Gasteiger partial charge is 0.453 e. The number of nitrogens with one attached hydrogen (secondary N) is 1. The number of carbonyl (C=O) groups is 1. The quantitative estimate of drug-likeness (QED) is 0.842. The Morgan fingerprint density at radius 2 is 2.22 bits per heavy atom. The maximum absolute atomic E-state index is 11.9. The molecule has 3 nitrogen and oxygen atoms in total. The minimum atomic E-state index is -0.0111. The molecule has 1 N–H and O–H groups in total. The number of furan rings is 1. The van der Waals surface area contributed by atoms with Gasteiger partial charge in [-0.05, 0) is 49.6 Å². The Hall–Kier alpha value is -1.32. The molecule has 2 aromatic rings. The van der Waals surface area contributed by atoms with Gasteiger partial charge in [0.05, 0.1) is 6.54 Å². The summed E-state index contributed by atoms with van der Waals surface area (Å²) in [5, 5.41) is 4.68. The molecule has 1 aliphatic rings. The van der Waals surface area contributed by atoms with Crippen molar-refractivity contribution in [1.29, 1.82) is 0 Å². The SMILES string of the molecule is O=C(CNCC1CC1)c1cc2cc(Cl)ccc2o1. The van der Waals surface area contributed by atoms with Gasteiger partial charge in [0.1, 0.15) is 5.58 Å². The van der Waals surface area contributed by atoms with Crippen molar-refractivity contribution in [2.24, 2.45) is 5.92 Å². The molecular weight excluding hydrogens is 250 g/mol. The number of halogens is 1. The summed E-state index contributed by atoms with van der Waals surface area (Å²) in [5.74, 6) is 1.16. The minimum absolute atomic E-state index is 0.0111. The van der Waals surface area contributed by atoms with Gasteiger partial charge < -0.3 is 9.73 Å². The fourth-order valence-electron chi connectivity index (χ4n) is 1.95. The van der Waals surface area contributed by atoms with Crippen LogP contribution in [0.25, 0.3) is 11.0 Å². The van der Waals surface area contributed by atoms with Gasteiger partial charge in [0.25, 0.3) is 0 Å². The second-order valence-electron chi connectivity index (χ2n) is 4.79. The molecule has 4 heteroatoms. The van der Waals surface area contributed by atoms with E-state index >= 15 is 0 Å². The van der Waals surface area contributed by atoms with Crippen LogP contribution in [0, 0.1) is 5.92 Å². The fourth-order valence-corrected chi connectivity index (χ4v) is 2.13. The standard InChI is InChI=1S/C14H14ClNO2/c15-11-3-4-13-10(5-11)6-14(18-13)12(17)8-16-7-9-1-2-9/h3-6,9,16H,1-2,7-8H2. The van der Waals surface area contributed by atoms with Crippen LogP contribution in [0.4, 0.5) is 0 Å². The molecule has 0 amide bonds. The van der Waals surface area contributed by atoms with Crippen LogP contribution in [0.5, 0.6) is 0 Å². The number of carbonyl (C=O) groups excluding carboxylic acids is 1. The van der Waals surface area contributed by atoms with Crippen LogP contribution in [-0.4, -0.2) is 18.9 Å². The van der Waals surface area contributed by atoms with Crippen molar-refractivity contribution < 1.29 is 9.21 Å². The van der Waals surface area contributed by atoms with Gasteiger partial charge in [-0.25, -0.2) is 0 Å². The summed E-state index contributed by atoms with van der Waals surface area (Å²) in [6.45, 7) is 1.27. The molecule has 0 radical (unpaired) electrons. The lowest BCUT2D eigenvalue weighted by Crippen LogP contribution is -2.24. The van der Waals surface area contributed by atoms with Gasteiger partial charge in [-0.15, -0.1) is 0 Å². The van der Waals surface area contributed by atoms with Crippen LogP contribution in [0.2, 0.25) is 5.02 Å². The first-order valence-corrected chi connectivity index (χ1v) is 6.53. The van der Waals surface area contributed by atoms with Crippen molar-refractivity contribution in [3.63, 3.8) is 0 Å². The molecule has 0 unspecified atom stereocenters. The Morgan fingerprint density at radius 1 is 1.39 bits per heavy atom. The summed E-state index contributed by atoms with van der Waals surface area (Å²) in [6, 6.07) is 7.09. The Bertz CT molecular complexity index is 586. The number of hydrogen-bond donors (Lipinski definition) is 1. The average molecular weight is 264 g/mol. The summed E-state index contributed by atoms with van der Waals surface area (Å²) in [6.07, 6.45) is 2.56. The monoisotopic (exact) mass is 263 g/mol. The molecule has 0 bridgehead atoms. The highest BCUT2D eigenvalue weighted by molar-refractivity contribution is 6.31. The lowest BCUT2D eigenvalue weighted by Gasteiger charge is -1.99. The molecule has 1 fully saturated rings. The van der Waals surface area contributed by atoms with E-state index in [1.807, 2.05) is 0 Å². The van der Waals surface area contributed by atoms with Crippen LogP contribution >= 0.6 is 11.6 Å². The molecule has 0 atom stereocenters. The third-order valence-electron chi connectivity index (χ3n) is 3.17. The third kappa shape index (κ3) is 2.57. The molecular formula is C14H14ClNO2. The summed E-state index contributed by atoms with van der Waals surface area (Å²) in [4.78, 5) is 11.9. The number of ketones is 1. The highest BCUT2D eigenvalue weighted by Gasteiger charge is 2.21. The van der Waals surface area contributed by atoms with E-state index in [-0.39, 0.29) is 5.78 Å². The molecule has 1 aromatic heterocycles. The first-order valence-electron chi connectivity index (χ1n) is 6.15. The zero-order valence-corrected chi connectivity index (χ0v) is 10.7. The van der Waals surface area contributed by atoms with Gasteiger partial charge >= 0.3 is 0 Å². The lowest BCUT2D eigenvalue weighted by atomic mass is 10.2. The molecule has 1 heterocycles. The van der Waals surface area contributed by atoms with Crippen LogP contribution < -0.4 is 5.32 Å². The van der Waals surface area contributed by atoms with Gasteiger partial charge in [-0.2, -0.15) is 0 Å². The van der Waals surface area contributed by atoms with Gasteiger partial charge in [-0.3, -0.25) is 4.79 Å². The molecule has 18 heavy (non-hydrogen) atoms. The summed E-state index contributed by atoms with van der Waals surface area (Å²) in [7, 11) is 0. The predicted molar refractivity (Wildman–Crippen MR) is 71.1 cm³/mol. The van der Waals surface area contributed by atoms with Crippen molar-refractivity contribution in [2.45, 2.75) is 12.8 Å². The Morgan fingerprint density at radius 3 is 3.00 bits per heavy atom. The highest BCUT2D eigenvalue weighted by atomic mass is 35.5. The molecule has 0 saturated heterocycles. The number of hydrogen-bond acceptors (Lipinski definition) is 3. The second-order valence-corrected chi connectivity index (χ2v) is 5.23. The third-order valence-corrected chi connectivity index (χ3v) is 3.40. The fraction of sp³-hybridized carbons (Fsp3) is 0.357. The number of benzene rings is 1. The summed E-state index contributed by atoms with van der Waals surface area (Å²) in [5.41, 5.74) is 0.699. The van der Waals surface area contributed by atoms with Crippen LogP contribution in [0.3, 0.4) is 0 Å². The van der Waals surface area contributed by atoms with Gasteiger partial charge in [0, 0.05) is 10.4 Å². The van der Waals surface area contributed by atoms with Crippen LogP contribution in [0.15, 0.2) is 28.7 Å². The minimum Gasteiger partial charge on any atom is -0.453 e. The van der Waals surface area contributed by atoms with Gasteiger partial charge in [0.2, 0.25) is 5.78 Å². The Balaban J connectivity index is 1.70. The zero-order chi connectivity index (χ0) is 12.5. The van der Waals surface area contributed by atoms with Crippen molar-refractivity contribution in [1.82, 2.24) is 5.32 Å². The molecule has 0 spiro atoms. The first-order chi connectivity index (χ1) is 8.72. The van der Waals surface area contributed by atoms with E-state index in [0.717, 1.165) is 17.8 Å². The maximum Gasteiger partial charge on any atom is 0.211 e. The van der Waals surface area contributed by atoms with E-state index in [0.29, 0.717) is 22.9 Å². The van der Waals surface area contributed by atoms with Crippen molar-refractivity contribution in [3.05, 3.63) is 35.0 Å². The molecule has 1 saturated carbocycles. The molecule has 94 valence electrons. The highest BCUT2D eigenvalue weighted by Crippen LogP contribution is 2.27. The predicted octanol–water partition coefficient (Wildman–Crippen LogP) is 3.27. The number of Topliss-reactive ketones (excluding diaryl/α,β-unsaturated/α-hetero) is 1. The van der Waals surface area contributed by atoms with Crippen molar-refractivity contribution in [2.75, 3.05) is 13.1 Å². The molecule has 0 aliphatic heterocycles. The average Bonchev–Trinajstić information content (AvgIpc) is 3.06. The van der Waals surface area contributed by atoms with E-state index < -0.39 is 0 Å². The van der Waals surface area contributed by atoms with E-state index in [1.165, 1.54) is 12.8 Å². The topological polar surface area (TPSA) is 42.2 Å². The lowest BCUT2D eigenvalue weighted by molar-refractivity contribution is 0.0966. The number of rotatable bonds is 5. The van der Waals surface area contributed by atoms with E-state index in [9.17, 15) is 4.79 Å². The van der Waals surface area contributed by atoms with E-state index in [1.54, 1.807) is 24.3 Å². The maximum atomic E-state index is 11.9. The summed E-state index contributed by atoms with van der Waals surface area (Å²) >= 11 is 5.89. The van der Waals surface area contributed by atoms with Crippen molar-refractivity contribution in [3.8, 4) is 0 Å². The zero-order valence-electron chi connectivity index (χ0n) is 9.91. The Labute approximate surface area is 110 Å². The van der Waals surface area contributed by atoms with E-state index in [4.69, 9.17) is 16.0 Å². The number of fused-ring (bicyclic) bond motifs is 1. The second kappa shape index (κ2) is 4.75. The normalized spacial score (nSPS) is 15.2. The van der Waals surface area contributed by atoms with Crippen LogP contribution in [-0.2, 0) is 0 Å². The first kappa shape index (κ1) is 11.8. The molecule has 3 rings (SSSR count). The van der Waals surface area contributed by atoms with Gasteiger partial charge in [0.15, 0.2) is 5.76 Å². The van der Waals surface area contributed by atoms with E-state index in [2.05, 4.69) is 5.32 Å². The summed E-state index contributed by atoms with van der Waals surface area (Å²) < 4.78 is 5.51. The molecule has 1 aliphatic carbocycles. The van der Waals surface area contributed by atoms with Gasteiger partial charge in [-0.1, -0.05) is 11.6 Å². The van der Waals surface area contributed by atoms with Crippen molar-refractivity contribution >= 4 is 28.4 Å².